The van der Waals surface area contributed by atoms with Crippen molar-refractivity contribution in [3.05, 3.63) is 15.9 Å². The number of nitrogens with zero attached hydrogens (tertiary/aromatic N) is 2. The largest absolute Gasteiger partial charge is 0.268 e. The van der Waals surface area contributed by atoms with E-state index in [1.807, 2.05) is 11.8 Å². The first kappa shape index (κ1) is 13.1. The molecule has 2 nitrogen and oxygen atoms in total. The first-order chi connectivity index (χ1) is 7.20. The van der Waals surface area contributed by atoms with Crippen LogP contribution in [0.4, 0.5) is 0 Å². The molecule has 0 aliphatic heterocycles. The van der Waals surface area contributed by atoms with E-state index in [0.29, 0.717) is 0 Å². The first-order valence-corrected chi connectivity index (χ1v) is 7.45. The fraction of sp³-hybridized carbons (Fsp3) is 0.727. The van der Waals surface area contributed by atoms with Crippen LogP contribution in [-0.2, 0) is 12.3 Å². The van der Waals surface area contributed by atoms with Crippen molar-refractivity contribution in [2.45, 2.75) is 45.9 Å². The van der Waals surface area contributed by atoms with E-state index in [0.717, 1.165) is 18.0 Å². The molecule has 0 saturated carbocycles. The molecule has 15 heavy (non-hydrogen) atoms. The van der Waals surface area contributed by atoms with E-state index in [1.54, 1.807) is 0 Å². The number of halogens is 1. The highest BCUT2D eigenvalue weighted by Crippen LogP contribution is 2.25. The fourth-order valence-corrected chi connectivity index (χ4v) is 3.16. The van der Waals surface area contributed by atoms with Crippen LogP contribution in [0.3, 0.4) is 0 Å². The van der Waals surface area contributed by atoms with E-state index >= 15 is 0 Å². The Labute approximate surface area is 105 Å². The van der Waals surface area contributed by atoms with Crippen molar-refractivity contribution >= 4 is 27.7 Å². The fourth-order valence-electron chi connectivity index (χ4n) is 1.42. The van der Waals surface area contributed by atoms with Gasteiger partial charge in [-0.05, 0) is 42.0 Å². The van der Waals surface area contributed by atoms with Gasteiger partial charge in [-0.25, -0.2) is 0 Å². The molecule has 86 valence electrons. The highest BCUT2D eigenvalue weighted by atomic mass is 79.9. The maximum absolute atomic E-state index is 4.48. The molecule has 0 spiro atoms. The molecule has 1 heterocycles. The third-order valence-corrected chi connectivity index (χ3v) is 4.42. The van der Waals surface area contributed by atoms with Gasteiger partial charge in [-0.1, -0.05) is 13.3 Å². The predicted molar refractivity (Wildman–Crippen MR) is 71.4 cm³/mol. The second-order valence-electron chi connectivity index (χ2n) is 3.57. The Hall–Kier alpha value is 0.0400. The van der Waals surface area contributed by atoms with Crippen LogP contribution in [0, 0.1) is 6.92 Å². The second-order valence-corrected chi connectivity index (χ2v) is 5.47. The monoisotopic (exact) mass is 290 g/mol. The number of unbranched alkanes of at least 4 members (excludes halogenated alkanes) is 1. The molecule has 0 fully saturated rings. The average Bonchev–Trinajstić information content (AvgIpc) is 2.51. The summed E-state index contributed by atoms with van der Waals surface area (Å²) in [6.45, 7) is 7.38. The molecule has 0 N–H and O–H groups in total. The van der Waals surface area contributed by atoms with Gasteiger partial charge < -0.3 is 0 Å². The Bertz CT molecular complexity index is 310. The van der Waals surface area contributed by atoms with Crippen molar-refractivity contribution in [2.75, 3.05) is 5.75 Å². The quantitative estimate of drug-likeness (QED) is 0.737. The summed E-state index contributed by atoms with van der Waals surface area (Å²) >= 11 is 5.61. The molecule has 0 bridgehead atoms. The standard InChI is InChI=1S/C11H19BrN2S/c1-4-6-7-15-8-10-11(12)9(3)13-14(10)5-2/h4-8H2,1-3H3. The van der Waals surface area contributed by atoms with Crippen molar-refractivity contribution in [1.82, 2.24) is 9.78 Å². The van der Waals surface area contributed by atoms with Gasteiger partial charge in [0.15, 0.2) is 0 Å². The molecule has 0 aliphatic carbocycles. The van der Waals surface area contributed by atoms with Crippen LogP contribution in [0.25, 0.3) is 0 Å². The zero-order valence-corrected chi connectivity index (χ0v) is 12.1. The zero-order valence-electron chi connectivity index (χ0n) is 9.72. The number of rotatable bonds is 6. The maximum atomic E-state index is 4.48. The summed E-state index contributed by atoms with van der Waals surface area (Å²) in [6, 6.07) is 0. The predicted octanol–water partition coefficient (Wildman–Crippen LogP) is 4.01. The first-order valence-electron chi connectivity index (χ1n) is 5.50. The third-order valence-electron chi connectivity index (χ3n) is 2.33. The van der Waals surface area contributed by atoms with Gasteiger partial charge >= 0.3 is 0 Å². The Morgan fingerprint density at radius 2 is 2.13 bits per heavy atom. The molecule has 1 aromatic heterocycles. The van der Waals surface area contributed by atoms with Crippen LogP contribution in [0.1, 0.15) is 38.1 Å². The summed E-state index contributed by atoms with van der Waals surface area (Å²) in [4.78, 5) is 0. The van der Waals surface area contributed by atoms with Crippen LogP contribution in [0.5, 0.6) is 0 Å². The molecule has 0 amide bonds. The molecule has 0 radical (unpaired) electrons. The minimum Gasteiger partial charge on any atom is -0.268 e. The summed E-state index contributed by atoms with van der Waals surface area (Å²) in [5, 5.41) is 4.48. The van der Waals surface area contributed by atoms with Crippen molar-refractivity contribution in [3.63, 3.8) is 0 Å². The highest BCUT2D eigenvalue weighted by molar-refractivity contribution is 9.10. The van der Waals surface area contributed by atoms with Crippen molar-refractivity contribution < 1.29 is 0 Å². The van der Waals surface area contributed by atoms with Gasteiger partial charge in [-0.15, -0.1) is 0 Å². The molecule has 0 unspecified atom stereocenters. The molecular weight excluding hydrogens is 272 g/mol. The smallest absolute Gasteiger partial charge is 0.0739 e. The lowest BCUT2D eigenvalue weighted by molar-refractivity contribution is 0.631. The van der Waals surface area contributed by atoms with E-state index in [4.69, 9.17) is 0 Å². The summed E-state index contributed by atoms with van der Waals surface area (Å²) in [6.07, 6.45) is 2.59. The Kier molecular flexibility index (Phi) is 5.75. The molecular formula is C11H19BrN2S. The average molecular weight is 291 g/mol. The van der Waals surface area contributed by atoms with Crippen LogP contribution in [-0.4, -0.2) is 15.5 Å². The lowest BCUT2D eigenvalue weighted by atomic mass is 10.4. The van der Waals surface area contributed by atoms with Gasteiger partial charge in [-0.2, -0.15) is 16.9 Å². The number of hydrogen-bond acceptors (Lipinski definition) is 2. The topological polar surface area (TPSA) is 17.8 Å². The van der Waals surface area contributed by atoms with E-state index < -0.39 is 0 Å². The Balaban J connectivity index is 2.58. The third kappa shape index (κ3) is 3.52. The zero-order chi connectivity index (χ0) is 11.3. The van der Waals surface area contributed by atoms with Crippen LogP contribution >= 0.6 is 27.7 Å². The molecule has 0 aliphatic rings. The summed E-state index contributed by atoms with van der Waals surface area (Å²) in [5.74, 6) is 2.31. The summed E-state index contributed by atoms with van der Waals surface area (Å²) in [7, 11) is 0. The highest BCUT2D eigenvalue weighted by Gasteiger charge is 2.11. The molecule has 0 atom stereocenters. The van der Waals surface area contributed by atoms with Crippen LogP contribution in [0.15, 0.2) is 4.47 Å². The SMILES string of the molecule is CCCCSCc1c(Br)c(C)nn1CC. The molecule has 0 saturated heterocycles. The normalized spacial score (nSPS) is 10.9. The van der Waals surface area contributed by atoms with Gasteiger partial charge in [0.2, 0.25) is 0 Å². The van der Waals surface area contributed by atoms with E-state index in [1.165, 1.54) is 28.8 Å². The molecule has 1 aromatic rings. The van der Waals surface area contributed by atoms with Crippen molar-refractivity contribution in [3.8, 4) is 0 Å². The maximum Gasteiger partial charge on any atom is 0.0739 e. The number of thioether (sulfide) groups is 1. The number of hydrogen-bond donors (Lipinski definition) is 0. The van der Waals surface area contributed by atoms with Crippen LogP contribution < -0.4 is 0 Å². The van der Waals surface area contributed by atoms with Crippen molar-refractivity contribution in [2.24, 2.45) is 0 Å². The van der Waals surface area contributed by atoms with Crippen LogP contribution in [0.2, 0.25) is 0 Å². The van der Waals surface area contributed by atoms with Gasteiger partial charge in [0.05, 0.1) is 15.9 Å². The Morgan fingerprint density at radius 1 is 1.40 bits per heavy atom. The Morgan fingerprint density at radius 3 is 2.73 bits per heavy atom. The minimum absolute atomic E-state index is 0.954. The van der Waals surface area contributed by atoms with E-state index in [9.17, 15) is 0 Å². The molecule has 1 rings (SSSR count). The number of aryl methyl sites for hydroxylation is 2. The van der Waals surface area contributed by atoms with Gasteiger partial charge in [-0.3, -0.25) is 4.68 Å². The second kappa shape index (κ2) is 6.59. The molecule has 0 aromatic carbocycles. The number of aromatic nitrogens is 2. The lowest BCUT2D eigenvalue weighted by Crippen LogP contribution is -2.02. The lowest BCUT2D eigenvalue weighted by Gasteiger charge is -2.04. The summed E-state index contributed by atoms with van der Waals surface area (Å²) < 4.78 is 3.28. The van der Waals surface area contributed by atoms with Gasteiger partial charge in [0, 0.05) is 12.3 Å². The van der Waals surface area contributed by atoms with Gasteiger partial charge in [0.25, 0.3) is 0 Å². The van der Waals surface area contributed by atoms with E-state index in [-0.39, 0.29) is 0 Å². The molecule has 4 heteroatoms. The minimum atomic E-state index is 0.954. The van der Waals surface area contributed by atoms with Crippen molar-refractivity contribution in [1.29, 1.82) is 0 Å². The van der Waals surface area contributed by atoms with Gasteiger partial charge in [0.1, 0.15) is 0 Å². The summed E-state index contributed by atoms with van der Waals surface area (Å²) in [5.41, 5.74) is 2.43. The van der Waals surface area contributed by atoms with E-state index in [2.05, 4.69) is 46.5 Å².